The number of hydrogen-bond acceptors (Lipinski definition) is 7. The lowest BCUT2D eigenvalue weighted by Crippen LogP contribution is -2.39. The maximum absolute atomic E-state index is 12.9. The smallest absolute Gasteiger partial charge is 0.358 e. The zero-order chi connectivity index (χ0) is 20.6. The molecule has 28 heavy (non-hydrogen) atoms. The topological polar surface area (TPSA) is 92.8 Å². The van der Waals surface area contributed by atoms with E-state index in [1.54, 1.807) is 45.0 Å². The quantitative estimate of drug-likeness (QED) is 0.474. The summed E-state index contributed by atoms with van der Waals surface area (Å²) in [4.78, 5) is 51.1. The zero-order valence-corrected chi connectivity index (χ0v) is 16.8. The van der Waals surface area contributed by atoms with E-state index in [4.69, 9.17) is 4.74 Å². The molecule has 2 aliphatic rings. The number of Topliss-reactive ketones (excluding diaryl/α,β-unsaturated/α-hetero) is 1. The number of thioether (sulfide) groups is 1. The number of benzene rings is 1. The van der Waals surface area contributed by atoms with Crippen molar-refractivity contribution < 1.29 is 23.9 Å². The Morgan fingerprint density at radius 3 is 2.11 bits per heavy atom. The lowest BCUT2D eigenvalue weighted by Gasteiger charge is -2.26. The van der Waals surface area contributed by atoms with Crippen LogP contribution < -0.4 is 5.32 Å². The fourth-order valence-electron chi connectivity index (χ4n) is 2.73. The highest BCUT2D eigenvalue weighted by atomic mass is 32.2. The number of imide groups is 1. The van der Waals surface area contributed by atoms with Crippen LogP contribution in [0.1, 0.15) is 48.4 Å². The Balaban J connectivity index is 2.07. The second-order valence-electron chi connectivity index (χ2n) is 7.33. The van der Waals surface area contributed by atoms with E-state index >= 15 is 0 Å². The van der Waals surface area contributed by atoms with Crippen LogP contribution in [0.4, 0.5) is 0 Å². The van der Waals surface area contributed by atoms with Gasteiger partial charge in [0.05, 0.1) is 11.1 Å². The fourth-order valence-corrected chi connectivity index (χ4v) is 3.77. The van der Waals surface area contributed by atoms with Gasteiger partial charge >= 0.3 is 5.97 Å². The maximum Gasteiger partial charge on any atom is 0.358 e. The van der Waals surface area contributed by atoms with Gasteiger partial charge in [-0.25, -0.2) is 9.69 Å². The number of rotatable bonds is 3. The van der Waals surface area contributed by atoms with E-state index in [1.165, 1.54) is 13.1 Å². The van der Waals surface area contributed by atoms with Crippen LogP contribution in [0.25, 0.3) is 0 Å². The first-order chi connectivity index (χ1) is 13.1. The molecule has 146 valence electrons. The average Bonchev–Trinajstić information content (AvgIpc) is 2.86. The summed E-state index contributed by atoms with van der Waals surface area (Å²) in [5.41, 5.74) is 0.0101. The lowest BCUT2D eigenvalue weighted by atomic mass is 10.1. The predicted molar refractivity (Wildman–Crippen MR) is 104 cm³/mol. The van der Waals surface area contributed by atoms with Gasteiger partial charge in [0.15, 0.2) is 11.5 Å². The number of amides is 2. The second-order valence-corrected chi connectivity index (χ2v) is 8.32. The van der Waals surface area contributed by atoms with Gasteiger partial charge in [-0.3, -0.25) is 14.4 Å². The molecule has 7 nitrogen and oxygen atoms in total. The van der Waals surface area contributed by atoms with Gasteiger partial charge in [-0.05, 0) is 39.8 Å². The van der Waals surface area contributed by atoms with Crippen molar-refractivity contribution in [1.29, 1.82) is 0 Å². The first-order valence-electron chi connectivity index (χ1n) is 8.65. The highest BCUT2D eigenvalue weighted by Gasteiger charge is 2.43. The summed E-state index contributed by atoms with van der Waals surface area (Å²) in [5, 5.41) is 3.16. The molecule has 0 atom stereocenters. The number of nitrogens with one attached hydrogen (secondary N) is 1. The van der Waals surface area contributed by atoms with Crippen LogP contribution in [-0.4, -0.2) is 39.8 Å². The SMILES string of the molecule is CC(=O)C1=CN/C(=C(\C(=O)OC(C)(C)C)N2C(=O)c3ccccc3C2=O)SC1. The van der Waals surface area contributed by atoms with Gasteiger partial charge in [0, 0.05) is 17.5 Å². The van der Waals surface area contributed by atoms with Crippen LogP contribution in [0.15, 0.2) is 46.8 Å². The molecule has 2 heterocycles. The van der Waals surface area contributed by atoms with Crippen molar-refractivity contribution in [3.05, 3.63) is 57.9 Å². The molecule has 3 rings (SSSR count). The summed E-state index contributed by atoms with van der Waals surface area (Å²) in [6.45, 7) is 6.54. The monoisotopic (exact) mass is 400 g/mol. The molecule has 0 fully saturated rings. The summed E-state index contributed by atoms with van der Waals surface area (Å²) >= 11 is 1.16. The fraction of sp³-hybridized carbons (Fsp3) is 0.300. The summed E-state index contributed by atoms with van der Waals surface area (Å²) < 4.78 is 5.45. The van der Waals surface area contributed by atoms with Crippen molar-refractivity contribution in [2.75, 3.05) is 5.75 Å². The molecule has 0 bridgehead atoms. The van der Waals surface area contributed by atoms with Gasteiger partial charge in [0.25, 0.3) is 11.8 Å². The number of carbonyl (C=O) groups is 4. The number of ether oxygens (including phenoxy) is 1. The van der Waals surface area contributed by atoms with Crippen molar-refractivity contribution in [3.8, 4) is 0 Å². The Kier molecular flexibility index (Phi) is 5.16. The first-order valence-corrected chi connectivity index (χ1v) is 9.63. The van der Waals surface area contributed by atoms with Crippen molar-refractivity contribution in [2.24, 2.45) is 0 Å². The van der Waals surface area contributed by atoms with Crippen LogP contribution in [-0.2, 0) is 14.3 Å². The van der Waals surface area contributed by atoms with E-state index in [9.17, 15) is 19.2 Å². The minimum Gasteiger partial charge on any atom is -0.455 e. The zero-order valence-electron chi connectivity index (χ0n) is 16.0. The van der Waals surface area contributed by atoms with E-state index in [0.717, 1.165) is 16.7 Å². The van der Waals surface area contributed by atoms with Gasteiger partial charge in [-0.1, -0.05) is 12.1 Å². The number of esters is 1. The molecule has 0 unspecified atom stereocenters. The van der Waals surface area contributed by atoms with Crippen LogP contribution in [0, 0.1) is 0 Å². The van der Waals surface area contributed by atoms with E-state index < -0.39 is 23.4 Å². The van der Waals surface area contributed by atoms with Crippen LogP contribution in [0.2, 0.25) is 0 Å². The molecular weight excluding hydrogens is 380 g/mol. The summed E-state index contributed by atoms with van der Waals surface area (Å²) in [7, 11) is 0. The Morgan fingerprint density at radius 2 is 1.68 bits per heavy atom. The summed E-state index contributed by atoms with van der Waals surface area (Å²) in [5.74, 6) is -1.75. The minimum absolute atomic E-state index is 0.0985. The average molecular weight is 400 g/mol. The normalized spacial score (nSPS) is 18.3. The van der Waals surface area contributed by atoms with E-state index in [2.05, 4.69) is 5.32 Å². The third-order valence-corrected chi connectivity index (χ3v) is 5.08. The largest absolute Gasteiger partial charge is 0.455 e. The van der Waals surface area contributed by atoms with Crippen molar-refractivity contribution in [2.45, 2.75) is 33.3 Å². The predicted octanol–water partition coefficient (Wildman–Crippen LogP) is 2.60. The standard InChI is InChI=1S/C20H20N2O5S/c1-11(23)12-9-21-16(28-10-12)15(19(26)27-20(2,3)4)22-17(24)13-7-5-6-8-14(13)18(22)25/h5-9,21H,10H2,1-4H3/b16-15-. The third-order valence-electron chi connectivity index (χ3n) is 4.03. The number of nitrogens with zero attached hydrogens (tertiary/aromatic N) is 1. The number of hydrogen-bond donors (Lipinski definition) is 1. The van der Waals surface area contributed by atoms with Gasteiger partial charge in [-0.15, -0.1) is 11.8 Å². The van der Waals surface area contributed by atoms with E-state index in [-0.39, 0.29) is 27.6 Å². The Morgan fingerprint density at radius 1 is 1.11 bits per heavy atom. The molecule has 0 aliphatic carbocycles. The van der Waals surface area contributed by atoms with Crippen LogP contribution in [0.5, 0.6) is 0 Å². The first kappa shape index (κ1) is 19.9. The molecular formula is C20H20N2O5S. The number of fused-ring (bicyclic) bond motifs is 1. The van der Waals surface area contributed by atoms with Crippen molar-refractivity contribution in [3.63, 3.8) is 0 Å². The summed E-state index contributed by atoms with van der Waals surface area (Å²) in [6, 6.07) is 6.40. The van der Waals surface area contributed by atoms with Gasteiger partial charge in [0.2, 0.25) is 0 Å². The van der Waals surface area contributed by atoms with E-state index in [0.29, 0.717) is 11.3 Å². The highest BCUT2D eigenvalue weighted by molar-refractivity contribution is 8.03. The van der Waals surface area contributed by atoms with Crippen molar-refractivity contribution >= 4 is 35.3 Å². The molecule has 0 saturated heterocycles. The molecule has 8 heteroatoms. The second kappa shape index (κ2) is 7.27. The summed E-state index contributed by atoms with van der Waals surface area (Å²) in [6.07, 6.45) is 1.48. The minimum atomic E-state index is -0.818. The molecule has 1 aromatic rings. The molecule has 0 radical (unpaired) electrons. The van der Waals surface area contributed by atoms with Gasteiger partial charge in [0.1, 0.15) is 10.6 Å². The third kappa shape index (κ3) is 3.73. The Hall–Kier alpha value is -2.87. The van der Waals surface area contributed by atoms with Crippen molar-refractivity contribution in [1.82, 2.24) is 10.2 Å². The number of ketones is 1. The molecule has 1 aromatic carbocycles. The highest BCUT2D eigenvalue weighted by Crippen LogP contribution is 2.33. The van der Waals surface area contributed by atoms with Gasteiger partial charge < -0.3 is 10.1 Å². The Labute approximate surface area is 166 Å². The molecule has 0 spiro atoms. The molecule has 2 amide bonds. The van der Waals surface area contributed by atoms with E-state index in [1.807, 2.05) is 0 Å². The van der Waals surface area contributed by atoms with Gasteiger partial charge in [-0.2, -0.15) is 0 Å². The lowest BCUT2D eigenvalue weighted by molar-refractivity contribution is -0.151. The molecule has 2 aliphatic heterocycles. The van der Waals surface area contributed by atoms with Crippen LogP contribution in [0.3, 0.4) is 0 Å². The Bertz CT molecular complexity index is 921. The van der Waals surface area contributed by atoms with Crippen LogP contribution >= 0.6 is 11.8 Å². The molecule has 1 N–H and O–H groups in total. The molecule has 0 saturated carbocycles. The maximum atomic E-state index is 12.9. The molecule has 0 aromatic heterocycles. The number of carbonyl (C=O) groups excluding carboxylic acids is 4.